The number of hydrogen-bond acceptors (Lipinski definition) is 7. The lowest BCUT2D eigenvalue weighted by Gasteiger charge is -2.36. The maximum atomic E-state index is 13.3. The molecule has 0 radical (unpaired) electrons. The van der Waals surface area contributed by atoms with Gasteiger partial charge in [0.2, 0.25) is 5.95 Å². The molecule has 1 N–H and O–H groups in total. The molecule has 0 bridgehead atoms. The summed E-state index contributed by atoms with van der Waals surface area (Å²) in [5.74, 6) is -0.0171. The van der Waals surface area contributed by atoms with Crippen LogP contribution in [0.3, 0.4) is 0 Å². The van der Waals surface area contributed by atoms with Crippen LogP contribution in [0.1, 0.15) is 15.9 Å². The first-order chi connectivity index (χ1) is 15.1. The molecule has 2 aliphatic rings. The van der Waals surface area contributed by atoms with Crippen molar-refractivity contribution in [1.29, 1.82) is 0 Å². The van der Waals surface area contributed by atoms with E-state index >= 15 is 0 Å². The molecule has 9 heteroatoms. The number of carbonyl (C=O) groups excluding carboxylic acids is 1. The van der Waals surface area contributed by atoms with E-state index in [9.17, 15) is 9.18 Å². The van der Waals surface area contributed by atoms with E-state index in [1.807, 2.05) is 41.4 Å². The molecule has 0 spiro atoms. The Kier molecular flexibility index (Phi) is 5.11. The van der Waals surface area contributed by atoms with Gasteiger partial charge in [0.05, 0.1) is 17.1 Å². The van der Waals surface area contributed by atoms with Crippen LogP contribution in [0.4, 0.5) is 10.3 Å². The highest BCUT2D eigenvalue weighted by Gasteiger charge is 2.52. The molecule has 2 aromatic heterocycles. The van der Waals surface area contributed by atoms with Gasteiger partial charge in [-0.3, -0.25) is 14.8 Å². The molecule has 2 aliphatic heterocycles. The lowest BCUT2D eigenvalue weighted by Crippen LogP contribution is -2.42. The number of rotatable bonds is 3. The Morgan fingerprint density at radius 2 is 1.94 bits per heavy atom. The SMILES string of the molecule is O=C(NC1=NCC2CN(c3ncc(F)cn3)CC2(c2cccnc2)S1)c1ccccc1. The van der Waals surface area contributed by atoms with Crippen molar-refractivity contribution in [2.24, 2.45) is 10.9 Å². The summed E-state index contributed by atoms with van der Waals surface area (Å²) in [4.78, 5) is 32.0. The van der Waals surface area contributed by atoms with E-state index in [4.69, 9.17) is 0 Å². The lowest BCUT2D eigenvalue weighted by atomic mass is 9.88. The number of hydrogen-bond donors (Lipinski definition) is 1. The monoisotopic (exact) mass is 434 g/mol. The molecule has 1 saturated heterocycles. The molecule has 3 aromatic rings. The third-order valence-corrected chi connectivity index (χ3v) is 7.04. The minimum absolute atomic E-state index is 0.160. The normalized spacial score (nSPS) is 22.5. The first kappa shape index (κ1) is 19.6. The van der Waals surface area contributed by atoms with Crippen LogP contribution >= 0.6 is 11.8 Å². The molecule has 0 saturated carbocycles. The summed E-state index contributed by atoms with van der Waals surface area (Å²) in [6, 6.07) is 13.0. The van der Waals surface area contributed by atoms with Crippen LogP contribution in [-0.2, 0) is 4.75 Å². The zero-order chi connectivity index (χ0) is 21.3. The number of benzene rings is 1. The average molecular weight is 435 g/mol. The van der Waals surface area contributed by atoms with Crippen molar-refractivity contribution < 1.29 is 9.18 Å². The number of halogens is 1. The van der Waals surface area contributed by atoms with Crippen LogP contribution in [0.15, 0.2) is 72.2 Å². The zero-order valence-corrected chi connectivity index (χ0v) is 17.3. The fourth-order valence-electron chi connectivity index (χ4n) is 4.05. The Labute approximate surface area is 182 Å². The highest BCUT2D eigenvalue weighted by Crippen LogP contribution is 2.51. The van der Waals surface area contributed by atoms with Gasteiger partial charge in [0.15, 0.2) is 11.0 Å². The largest absolute Gasteiger partial charge is 0.339 e. The second-order valence-corrected chi connectivity index (χ2v) is 8.80. The molecule has 1 fully saturated rings. The minimum atomic E-state index is -0.467. The number of thioether (sulfide) groups is 1. The second kappa shape index (κ2) is 8.07. The van der Waals surface area contributed by atoms with E-state index < -0.39 is 5.82 Å². The fourth-order valence-corrected chi connectivity index (χ4v) is 5.46. The molecule has 1 amide bonds. The van der Waals surface area contributed by atoms with Gasteiger partial charge >= 0.3 is 0 Å². The number of pyridine rings is 1. The van der Waals surface area contributed by atoms with E-state index in [1.165, 1.54) is 24.2 Å². The van der Waals surface area contributed by atoms with Gasteiger partial charge in [-0.15, -0.1) is 0 Å². The smallest absolute Gasteiger partial charge is 0.257 e. The Hall–Kier alpha value is -3.33. The maximum absolute atomic E-state index is 13.3. The van der Waals surface area contributed by atoms with Crippen LogP contribution in [0, 0.1) is 11.7 Å². The number of aliphatic imine (C=N–C) groups is 1. The first-order valence-corrected chi connectivity index (χ1v) is 10.7. The van der Waals surface area contributed by atoms with Crippen molar-refractivity contribution in [3.8, 4) is 0 Å². The summed E-state index contributed by atoms with van der Waals surface area (Å²) < 4.78 is 12.9. The van der Waals surface area contributed by atoms with E-state index in [2.05, 4.69) is 25.3 Å². The highest BCUT2D eigenvalue weighted by atomic mass is 32.2. The molecule has 1 aromatic carbocycles. The molecule has 2 atom stereocenters. The summed E-state index contributed by atoms with van der Waals surface area (Å²) in [7, 11) is 0. The third kappa shape index (κ3) is 3.76. The molecule has 5 rings (SSSR count). The fraction of sp³-hybridized carbons (Fsp3) is 0.227. The zero-order valence-electron chi connectivity index (χ0n) is 16.5. The lowest BCUT2D eigenvalue weighted by molar-refractivity contribution is 0.0977. The molecule has 31 heavy (non-hydrogen) atoms. The molecule has 7 nitrogen and oxygen atoms in total. The van der Waals surface area contributed by atoms with Crippen molar-refractivity contribution in [3.63, 3.8) is 0 Å². The van der Waals surface area contributed by atoms with Crippen LogP contribution in [0.25, 0.3) is 0 Å². The van der Waals surface area contributed by atoms with Gasteiger partial charge in [0.25, 0.3) is 5.91 Å². The van der Waals surface area contributed by atoms with E-state index in [1.54, 1.807) is 18.3 Å². The summed E-state index contributed by atoms with van der Waals surface area (Å²) in [6.07, 6.45) is 5.95. The van der Waals surface area contributed by atoms with Crippen LogP contribution < -0.4 is 10.2 Å². The van der Waals surface area contributed by atoms with Crippen LogP contribution in [0.5, 0.6) is 0 Å². The predicted octanol–water partition coefficient (Wildman–Crippen LogP) is 2.88. The summed E-state index contributed by atoms with van der Waals surface area (Å²) in [6.45, 7) is 1.82. The summed E-state index contributed by atoms with van der Waals surface area (Å²) in [5.41, 5.74) is 1.63. The van der Waals surface area contributed by atoms with Gasteiger partial charge in [-0.05, 0) is 23.8 Å². The second-order valence-electron chi connectivity index (χ2n) is 7.48. The Morgan fingerprint density at radius 1 is 1.13 bits per heavy atom. The van der Waals surface area contributed by atoms with Gasteiger partial charge in [-0.1, -0.05) is 36.0 Å². The molecule has 4 heterocycles. The molecule has 156 valence electrons. The topological polar surface area (TPSA) is 83.4 Å². The van der Waals surface area contributed by atoms with Gasteiger partial charge in [0, 0.05) is 43.5 Å². The number of nitrogens with zero attached hydrogens (tertiary/aromatic N) is 5. The van der Waals surface area contributed by atoms with Crippen molar-refractivity contribution in [2.75, 3.05) is 24.5 Å². The van der Waals surface area contributed by atoms with Crippen LogP contribution in [-0.4, -0.2) is 45.7 Å². The molecular formula is C22H19FN6OS. The Balaban J connectivity index is 1.44. The standard InChI is InChI=1S/C22H19FN6OS/c23-18-11-25-20(26-12-18)29-13-17-10-27-21(28-19(30)15-5-2-1-3-6-15)31-22(17,14-29)16-7-4-8-24-9-16/h1-9,11-12,17H,10,13-14H2,(H,27,28,30). The number of aromatic nitrogens is 3. The van der Waals surface area contributed by atoms with Gasteiger partial charge < -0.3 is 10.2 Å². The molecule has 0 aliphatic carbocycles. The number of carbonyl (C=O) groups is 1. The van der Waals surface area contributed by atoms with Crippen molar-refractivity contribution in [2.45, 2.75) is 4.75 Å². The number of amidine groups is 1. The van der Waals surface area contributed by atoms with E-state index in [-0.39, 0.29) is 16.6 Å². The van der Waals surface area contributed by atoms with Gasteiger partial charge in [-0.2, -0.15) is 0 Å². The predicted molar refractivity (Wildman–Crippen MR) is 117 cm³/mol. The number of fused-ring (bicyclic) bond motifs is 1. The third-order valence-electron chi connectivity index (χ3n) is 5.56. The van der Waals surface area contributed by atoms with Crippen LogP contribution in [0.2, 0.25) is 0 Å². The summed E-state index contributed by atoms with van der Waals surface area (Å²) in [5, 5.41) is 3.54. The number of nitrogens with one attached hydrogen (secondary N) is 1. The minimum Gasteiger partial charge on any atom is -0.339 e. The number of amides is 1. The molecular weight excluding hydrogens is 415 g/mol. The van der Waals surface area contributed by atoms with Gasteiger partial charge in [-0.25, -0.2) is 14.4 Å². The van der Waals surface area contributed by atoms with Crippen molar-refractivity contribution in [1.82, 2.24) is 20.3 Å². The highest BCUT2D eigenvalue weighted by molar-refractivity contribution is 8.14. The number of anilines is 1. The maximum Gasteiger partial charge on any atom is 0.257 e. The first-order valence-electron chi connectivity index (χ1n) is 9.87. The Bertz CT molecular complexity index is 1110. The van der Waals surface area contributed by atoms with E-state index in [0.29, 0.717) is 36.3 Å². The van der Waals surface area contributed by atoms with E-state index in [0.717, 1.165) is 5.56 Å². The van der Waals surface area contributed by atoms with Crippen molar-refractivity contribution in [3.05, 3.63) is 84.2 Å². The van der Waals surface area contributed by atoms with Gasteiger partial charge in [0.1, 0.15) is 0 Å². The molecule has 2 unspecified atom stereocenters. The average Bonchev–Trinajstić information content (AvgIpc) is 3.21. The quantitative estimate of drug-likeness (QED) is 0.683. The van der Waals surface area contributed by atoms with Crippen molar-refractivity contribution >= 4 is 28.8 Å². The Morgan fingerprint density at radius 3 is 2.68 bits per heavy atom. The summed E-state index contributed by atoms with van der Waals surface area (Å²) >= 11 is 1.53.